The van der Waals surface area contributed by atoms with Gasteiger partial charge in [-0.3, -0.25) is 9.80 Å². The van der Waals surface area contributed by atoms with Crippen molar-refractivity contribution in [1.29, 1.82) is 0 Å². The lowest BCUT2D eigenvalue weighted by Gasteiger charge is -2.17. The van der Waals surface area contributed by atoms with Crippen LogP contribution in [0.3, 0.4) is 0 Å². The van der Waals surface area contributed by atoms with Crippen LogP contribution in [0, 0.1) is 0 Å². The molecule has 0 aromatic heterocycles. The third-order valence-electron chi connectivity index (χ3n) is 1.99. The minimum absolute atomic E-state index is 0.164. The summed E-state index contributed by atoms with van der Waals surface area (Å²) in [5, 5.41) is 0.188. The number of alkyl halides is 3. The summed E-state index contributed by atoms with van der Waals surface area (Å²) in [6, 6.07) is 8.84. The number of halogens is 3. The largest absolute Gasteiger partial charge is 0.472 e. The Hall–Kier alpha value is -1.56. The first-order chi connectivity index (χ1) is 7.41. The highest BCUT2D eigenvalue weighted by atomic mass is 19.4. The molecule has 0 heterocycles. The Morgan fingerprint density at radius 1 is 1.25 bits per heavy atom. The minimum atomic E-state index is -4.91. The summed E-state index contributed by atoms with van der Waals surface area (Å²) in [4.78, 5) is 10.7. The molecule has 0 atom stereocenters. The number of amides is 1. The molecular weight excluding hydrogens is 221 g/mol. The van der Waals surface area contributed by atoms with Crippen LogP contribution in [0.1, 0.15) is 5.56 Å². The predicted octanol–water partition coefficient (Wildman–Crippen LogP) is 1.49. The van der Waals surface area contributed by atoms with Crippen LogP contribution in [0.25, 0.3) is 0 Å². The van der Waals surface area contributed by atoms with E-state index in [0.29, 0.717) is 6.42 Å². The number of hydrazine groups is 1. The zero-order valence-corrected chi connectivity index (χ0v) is 8.37. The summed E-state index contributed by atoms with van der Waals surface area (Å²) in [7, 11) is 0. The molecule has 1 aromatic rings. The number of carbonyl (C=O) groups excluding carboxylic acids is 1. The third-order valence-corrected chi connectivity index (χ3v) is 1.99. The van der Waals surface area contributed by atoms with Crippen LogP contribution in [0.5, 0.6) is 0 Å². The first-order valence-corrected chi connectivity index (χ1v) is 4.58. The summed E-state index contributed by atoms with van der Waals surface area (Å²) in [6.45, 7) is -0.164. The van der Waals surface area contributed by atoms with Gasteiger partial charge in [-0.05, 0) is 12.0 Å². The van der Waals surface area contributed by atoms with E-state index in [2.05, 4.69) is 0 Å². The molecule has 0 saturated heterocycles. The van der Waals surface area contributed by atoms with Gasteiger partial charge in [0.05, 0.1) is 0 Å². The lowest BCUT2D eigenvalue weighted by molar-refractivity contribution is -0.185. The zero-order chi connectivity index (χ0) is 12.2. The van der Waals surface area contributed by atoms with E-state index in [1.54, 1.807) is 30.3 Å². The maximum Gasteiger partial charge on any atom is 0.472 e. The molecular formula is C10H11F3N2O. The van der Waals surface area contributed by atoms with Gasteiger partial charge in [-0.15, -0.1) is 0 Å². The second-order valence-corrected chi connectivity index (χ2v) is 3.23. The number of rotatable bonds is 3. The van der Waals surface area contributed by atoms with Gasteiger partial charge in [0.15, 0.2) is 0 Å². The van der Waals surface area contributed by atoms with E-state index in [0.717, 1.165) is 5.56 Å². The summed E-state index contributed by atoms with van der Waals surface area (Å²) < 4.78 is 35.9. The van der Waals surface area contributed by atoms with Crippen molar-refractivity contribution in [2.75, 3.05) is 6.54 Å². The molecule has 0 unspecified atom stereocenters. The zero-order valence-electron chi connectivity index (χ0n) is 8.37. The highest BCUT2D eigenvalue weighted by molar-refractivity contribution is 5.81. The van der Waals surface area contributed by atoms with Gasteiger partial charge in [-0.2, -0.15) is 13.2 Å². The Balaban J connectivity index is 2.48. The third kappa shape index (κ3) is 3.54. The average molecular weight is 232 g/mol. The number of hydrogen-bond acceptors (Lipinski definition) is 2. The van der Waals surface area contributed by atoms with E-state index < -0.39 is 12.1 Å². The van der Waals surface area contributed by atoms with Crippen LogP contribution in [-0.2, 0) is 11.2 Å². The Kier molecular flexibility index (Phi) is 3.89. The number of nitrogens with two attached hydrogens (primary N) is 1. The number of nitrogens with zero attached hydrogens (tertiary/aromatic N) is 1. The molecule has 88 valence electrons. The molecule has 0 bridgehead atoms. The molecule has 0 aliphatic rings. The smallest absolute Gasteiger partial charge is 0.272 e. The van der Waals surface area contributed by atoms with Crippen molar-refractivity contribution in [2.24, 2.45) is 5.84 Å². The lowest BCUT2D eigenvalue weighted by Crippen LogP contribution is -2.46. The molecule has 1 aromatic carbocycles. The van der Waals surface area contributed by atoms with Crippen LogP contribution in [-0.4, -0.2) is 23.6 Å². The first-order valence-electron chi connectivity index (χ1n) is 4.58. The number of benzene rings is 1. The second kappa shape index (κ2) is 4.98. The van der Waals surface area contributed by atoms with Crippen molar-refractivity contribution < 1.29 is 18.0 Å². The SMILES string of the molecule is NN(CCc1ccccc1)C(=O)C(F)(F)F. The first kappa shape index (κ1) is 12.5. The van der Waals surface area contributed by atoms with Crippen molar-refractivity contribution in [1.82, 2.24) is 5.01 Å². The fraction of sp³-hybridized carbons (Fsp3) is 0.300. The fourth-order valence-corrected chi connectivity index (χ4v) is 1.16. The van der Waals surface area contributed by atoms with Crippen molar-refractivity contribution in [2.45, 2.75) is 12.6 Å². The predicted molar refractivity (Wildman–Crippen MR) is 52.1 cm³/mol. The van der Waals surface area contributed by atoms with Gasteiger partial charge in [0.25, 0.3) is 0 Å². The molecule has 0 aliphatic carbocycles. The topological polar surface area (TPSA) is 46.3 Å². The number of hydrogen-bond donors (Lipinski definition) is 1. The molecule has 16 heavy (non-hydrogen) atoms. The fourth-order valence-electron chi connectivity index (χ4n) is 1.16. The molecule has 3 nitrogen and oxygen atoms in total. The second-order valence-electron chi connectivity index (χ2n) is 3.23. The Bertz CT molecular complexity index is 351. The van der Waals surface area contributed by atoms with Gasteiger partial charge in [0.1, 0.15) is 0 Å². The molecule has 0 aliphatic heterocycles. The Labute approximate surface area is 90.6 Å². The van der Waals surface area contributed by atoms with Gasteiger partial charge in [-0.25, -0.2) is 5.84 Å². The van der Waals surface area contributed by atoms with Crippen molar-refractivity contribution in [3.63, 3.8) is 0 Å². The van der Waals surface area contributed by atoms with Gasteiger partial charge in [0, 0.05) is 6.54 Å². The molecule has 1 amide bonds. The standard InChI is InChI=1S/C10H11F3N2O/c11-10(12,13)9(16)15(14)7-6-8-4-2-1-3-5-8/h1-5H,6-7,14H2. The summed E-state index contributed by atoms with van der Waals surface area (Å²) in [6.07, 6.45) is -4.62. The van der Waals surface area contributed by atoms with Crippen molar-refractivity contribution in [3.05, 3.63) is 35.9 Å². The average Bonchev–Trinajstić information content (AvgIpc) is 2.25. The summed E-state index contributed by atoms with van der Waals surface area (Å²) in [5.41, 5.74) is 0.827. The van der Waals surface area contributed by atoms with Gasteiger partial charge < -0.3 is 0 Å². The van der Waals surface area contributed by atoms with E-state index in [1.165, 1.54) is 0 Å². The summed E-state index contributed by atoms with van der Waals surface area (Å²) >= 11 is 0. The molecule has 0 saturated carbocycles. The minimum Gasteiger partial charge on any atom is -0.272 e. The quantitative estimate of drug-likeness (QED) is 0.487. The van der Waals surface area contributed by atoms with Gasteiger partial charge in [0.2, 0.25) is 0 Å². The molecule has 0 fully saturated rings. The van der Waals surface area contributed by atoms with Gasteiger partial charge >= 0.3 is 12.1 Å². The molecule has 2 N–H and O–H groups in total. The van der Waals surface area contributed by atoms with E-state index >= 15 is 0 Å². The summed E-state index contributed by atoms with van der Waals surface area (Å²) in [5.74, 6) is 2.99. The van der Waals surface area contributed by atoms with Crippen LogP contribution in [0.2, 0.25) is 0 Å². The van der Waals surface area contributed by atoms with Crippen LogP contribution < -0.4 is 5.84 Å². The highest BCUT2D eigenvalue weighted by Crippen LogP contribution is 2.16. The highest BCUT2D eigenvalue weighted by Gasteiger charge is 2.41. The molecule has 0 radical (unpaired) electrons. The Morgan fingerprint density at radius 3 is 2.31 bits per heavy atom. The molecule has 6 heteroatoms. The van der Waals surface area contributed by atoms with E-state index in [4.69, 9.17) is 5.84 Å². The van der Waals surface area contributed by atoms with E-state index in [9.17, 15) is 18.0 Å². The van der Waals surface area contributed by atoms with Crippen LogP contribution in [0.4, 0.5) is 13.2 Å². The van der Waals surface area contributed by atoms with Crippen LogP contribution >= 0.6 is 0 Å². The molecule has 0 spiro atoms. The Morgan fingerprint density at radius 2 is 1.81 bits per heavy atom. The number of carbonyl (C=O) groups is 1. The van der Waals surface area contributed by atoms with E-state index in [-0.39, 0.29) is 11.6 Å². The van der Waals surface area contributed by atoms with Crippen molar-refractivity contribution >= 4 is 5.91 Å². The maximum absolute atomic E-state index is 12.0. The maximum atomic E-state index is 12.0. The van der Waals surface area contributed by atoms with E-state index in [1.807, 2.05) is 0 Å². The molecule has 1 rings (SSSR count). The monoisotopic (exact) mass is 232 g/mol. The lowest BCUT2D eigenvalue weighted by atomic mass is 10.1. The van der Waals surface area contributed by atoms with Crippen LogP contribution in [0.15, 0.2) is 30.3 Å². The normalized spacial score (nSPS) is 11.2. The van der Waals surface area contributed by atoms with Gasteiger partial charge in [-0.1, -0.05) is 30.3 Å². The van der Waals surface area contributed by atoms with Crippen molar-refractivity contribution in [3.8, 4) is 0 Å².